The monoisotopic (exact) mass is 226 g/mol. The van der Waals surface area contributed by atoms with E-state index < -0.39 is 18.2 Å². The number of esters is 1. The van der Waals surface area contributed by atoms with E-state index in [0.29, 0.717) is 5.56 Å². The molecule has 0 saturated heterocycles. The van der Waals surface area contributed by atoms with E-state index in [2.05, 4.69) is 4.74 Å². The highest BCUT2D eigenvalue weighted by atomic mass is 16.5. The van der Waals surface area contributed by atoms with Crippen LogP contribution in [0.3, 0.4) is 0 Å². The number of methoxy groups -OCH3 is 1. The molecule has 0 spiro atoms. The van der Waals surface area contributed by atoms with Crippen molar-refractivity contribution in [2.45, 2.75) is 19.1 Å². The number of hydrogen-bond donors (Lipinski definition) is 3. The molecular weight excluding hydrogens is 212 g/mol. The average molecular weight is 226 g/mol. The number of aliphatic hydroxyl groups excluding tert-OH is 2. The Bertz CT molecular complexity index is 368. The van der Waals surface area contributed by atoms with E-state index >= 15 is 0 Å². The molecule has 0 aliphatic carbocycles. The van der Waals surface area contributed by atoms with Gasteiger partial charge in [-0.25, -0.2) is 4.79 Å². The number of hydrogen-bond acceptors (Lipinski definition) is 5. The topological polar surface area (TPSA) is 87.0 Å². The fourth-order valence-electron chi connectivity index (χ4n) is 1.46. The quantitative estimate of drug-likeness (QED) is 0.644. The lowest BCUT2D eigenvalue weighted by Crippen LogP contribution is -2.29. The van der Waals surface area contributed by atoms with Gasteiger partial charge in [0.15, 0.2) is 6.10 Å². The minimum atomic E-state index is -1.71. The van der Waals surface area contributed by atoms with Gasteiger partial charge >= 0.3 is 5.97 Å². The second-order valence-electron chi connectivity index (χ2n) is 3.42. The van der Waals surface area contributed by atoms with E-state index in [1.54, 1.807) is 19.1 Å². The number of carbonyl (C=O) groups is 1. The maximum atomic E-state index is 11.0. The Morgan fingerprint density at radius 3 is 2.50 bits per heavy atom. The molecule has 5 nitrogen and oxygen atoms in total. The average Bonchev–Trinajstić information content (AvgIpc) is 2.26. The third-order valence-corrected chi connectivity index (χ3v) is 2.34. The molecule has 1 aromatic rings. The highest BCUT2D eigenvalue weighted by Gasteiger charge is 2.29. The lowest BCUT2D eigenvalue weighted by molar-refractivity contribution is -0.156. The molecule has 16 heavy (non-hydrogen) atoms. The first-order chi connectivity index (χ1) is 7.49. The molecule has 0 aliphatic rings. The molecule has 0 fully saturated rings. The maximum absolute atomic E-state index is 11.0. The van der Waals surface area contributed by atoms with Crippen LogP contribution in [0.25, 0.3) is 0 Å². The molecule has 0 aliphatic heterocycles. The molecule has 2 atom stereocenters. The Morgan fingerprint density at radius 2 is 2.00 bits per heavy atom. The molecule has 3 N–H and O–H groups in total. The summed E-state index contributed by atoms with van der Waals surface area (Å²) in [6.45, 7) is 1.66. The van der Waals surface area contributed by atoms with Crippen LogP contribution in [0, 0.1) is 6.92 Å². The van der Waals surface area contributed by atoms with Crippen LogP contribution in [0.4, 0.5) is 0 Å². The summed E-state index contributed by atoms with van der Waals surface area (Å²) in [6.07, 6.45) is -3.22. The summed E-state index contributed by atoms with van der Waals surface area (Å²) in [5, 5.41) is 28.7. The number of phenolic OH excluding ortho intramolecular Hbond substituents is 1. The maximum Gasteiger partial charge on any atom is 0.337 e. The van der Waals surface area contributed by atoms with Crippen LogP contribution in [-0.4, -0.2) is 34.5 Å². The summed E-state index contributed by atoms with van der Waals surface area (Å²) in [4.78, 5) is 11.0. The Balaban J connectivity index is 3.04. The van der Waals surface area contributed by atoms with Crippen molar-refractivity contribution >= 4 is 5.97 Å². The van der Waals surface area contributed by atoms with E-state index in [1.165, 1.54) is 6.07 Å². The normalized spacial score (nSPS) is 14.2. The summed E-state index contributed by atoms with van der Waals surface area (Å²) in [7, 11) is 1.11. The number of aromatic hydroxyl groups is 1. The van der Waals surface area contributed by atoms with Gasteiger partial charge in [-0.2, -0.15) is 0 Å². The second-order valence-corrected chi connectivity index (χ2v) is 3.42. The molecule has 5 heteroatoms. The zero-order chi connectivity index (χ0) is 12.3. The lowest BCUT2D eigenvalue weighted by Gasteiger charge is -2.18. The molecular formula is C11H14O5. The van der Waals surface area contributed by atoms with Crippen LogP contribution in [0.2, 0.25) is 0 Å². The van der Waals surface area contributed by atoms with Gasteiger partial charge in [0.2, 0.25) is 0 Å². The highest BCUT2D eigenvalue weighted by molar-refractivity contribution is 5.75. The molecule has 1 rings (SSSR count). The van der Waals surface area contributed by atoms with Gasteiger partial charge in [-0.1, -0.05) is 12.1 Å². The van der Waals surface area contributed by atoms with Crippen LogP contribution in [0.1, 0.15) is 17.2 Å². The fraction of sp³-hybridized carbons (Fsp3) is 0.364. The molecule has 0 amide bonds. The molecule has 1 aromatic carbocycles. The molecule has 0 aromatic heterocycles. The summed E-state index contributed by atoms with van der Waals surface area (Å²) < 4.78 is 4.30. The van der Waals surface area contributed by atoms with Crippen molar-refractivity contribution in [2.24, 2.45) is 0 Å². The fourth-order valence-corrected chi connectivity index (χ4v) is 1.46. The molecule has 2 unspecified atom stereocenters. The summed E-state index contributed by atoms with van der Waals surface area (Å²) >= 11 is 0. The Labute approximate surface area is 92.9 Å². The van der Waals surface area contributed by atoms with Crippen LogP contribution in [0.15, 0.2) is 18.2 Å². The number of rotatable bonds is 3. The van der Waals surface area contributed by atoms with Gasteiger partial charge in [0.05, 0.1) is 7.11 Å². The number of aryl methyl sites for hydroxylation is 1. The zero-order valence-electron chi connectivity index (χ0n) is 9.04. The highest BCUT2D eigenvalue weighted by Crippen LogP contribution is 2.29. The van der Waals surface area contributed by atoms with Crippen molar-refractivity contribution in [3.63, 3.8) is 0 Å². The zero-order valence-corrected chi connectivity index (χ0v) is 9.04. The van der Waals surface area contributed by atoms with Crippen molar-refractivity contribution in [1.29, 1.82) is 0 Å². The molecule has 0 saturated carbocycles. The van der Waals surface area contributed by atoms with E-state index in [-0.39, 0.29) is 11.3 Å². The second kappa shape index (κ2) is 4.96. The molecule has 88 valence electrons. The summed E-state index contributed by atoms with van der Waals surface area (Å²) in [5.41, 5.74) is 0.704. The summed E-state index contributed by atoms with van der Waals surface area (Å²) in [6, 6.07) is 4.63. The van der Waals surface area contributed by atoms with Crippen LogP contribution < -0.4 is 0 Å². The van der Waals surface area contributed by atoms with Gasteiger partial charge in [0.1, 0.15) is 11.9 Å². The van der Waals surface area contributed by atoms with E-state index in [4.69, 9.17) is 0 Å². The molecule has 0 radical (unpaired) electrons. The lowest BCUT2D eigenvalue weighted by atomic mass is 9.98. The van der Waals surface area contributed by atoms with E-state index in [9.17, 15) is 20.1 Å². The largest absolute Gasteiger partial charge is 0.508 e. The molecule has 0 bridgehead atoms. The van der Waals surface area contributed by atoms with Crippen molar-refractivity contribution in [3.05, 3.63) is 29.3 Å². The number of benzene rings is 1. The van der Waals surface area contributed by atoms with Crippen molar-refractivity contribution in [1.82, 2.24) is 0 Å². The van der Waals surface area contributed by atoms with Gasteiger partial charge in [-0.15, -0.1) is 0 Å². The third-order valence-electron chi connectivity index (χ3n) is 2.34. The predicted molar refractivity (Wildman–Crippen MR) is 55.8 cm³/mol. The SMILES string of the molecule is COC(=O)C(O)C(O)c1c(C)cccc1O. The molecule has 0 heterocycles. The predicted octanol–water partition coefficient (Wildman–Crippen LogP) is 0.268. The minimum absolute atomic E-state index is 0.125. The Morgan fingerprint density at radius 1 is 1.38 bits per heavy atom. The standard InChI is InChI=1S/C11H14O5/c1-6-4-3-5-7(12)8(6)9(13)10(14)11(15)16-2/h3-5,9-10,12-14H,1-2H3. The Hall–Kier alpha value is -1.59. The number of carbonyl (C=O) groups excluding carboxylic acids is 1. The summed E-state index contributed by atoms with van der Waals surface area (Å²) in [5.74, 6) is -1.12. The Kier molecular flexibility index (Phi) is 3.87. The van der Waals surface area contributed by atoms with Gasteiger partial charge < -0.3 is 20.1 Å². The van der Waals surface area contributed by atoms with Crippen molar-refractivity contribution < 1.29 is 24.9 Å². The number of phenols is 1. The third kappa shape index (κ3) is 2.32. The van der Waals surface area contributed by atoms with Gasteiger partial charge in [0, 0.05) is 5.56 Å². The number of ether oxygens (including phenoxy) is 1. The van der Waals surface area contributed by atoms with Crippen LogP contribution >= 0.6 is 0 Å². The van der Waals surface area contributed by atoms with Crippen molar-refractivity contribution in [2.75, 3.05) is 7.11 Å². The van der Waals surface area contributed by atoms with Gasteiger partial charge in [0.25, 0.3) is 0 Å². The smallest absolute Gasteiger partial charge is 0.337 e. The van der Waals surface area contributed by atoms with Crippen LogP contribution in [-0.2, 0) is 9.53 Å². The first kappa shape index (κ1) is 12.5. The first-order valence-corrected chi connectivity index (χ1v) is 4.71. The van der Waals surface area contributed by atoms with E-state index in [0.717, 1.165) is 7.11 Å². The van der Waals surface area contributed by atoms with E-state index in [1.807, 2.05) is 0 Å². The number of aliphatic hydroxyl groups is 2. The first-order valence-electron chi connectivity index (χ1n) is 4.71. The van der Waals surface area contributed by atoms with Gasteiger partial charge in [-0.3, -0.25) is 0 Å². The minimum Gasteiger partial charge on any atom is -0.508 e. The van der Waals surface area contributed by atoms with Gasteiger partial charge in [-0.05, 0) is 18.6 Å². The van der Waals surface area contributed by atoms with Crippen LogP contribution in [0.5, 0.6) is 5.75 Å². The van der Waals surface area contributed by atoms with Crippen molar-refractivity contribution in [3.8, 4) is 5.75 Å².